The van der Waals surface area contributed by atoms with Gasteiger partial charge in [-0.3, -0.25) is 4.99 Å². The molecule has 0 fully saturated rings. The van der Waals surface area contributed by atoms with E-state index in [1.807, 2.05) is 11.6 Å². The van der Waals surface area contributed by atoms with Crippen LogP contribution in [0.4, 0.5) is 13.2 Å². The summed E-state index contributed by atoms with van der Waals surface area (Å²) >= 11 is 0. The van der Waals surface area contributed by atoms with Crippen LogP contribution in [0.25, 0.3) is 0 Å². The minimum absolute atomic E-state index is 0. The lowest BCUT2D eigenvalue weighted by atomic mass is 10.1. The number of fused-ring (bicyclic) bond motifs is 1. The van der Waals surface area contributed by atoms with E-state index in [1.165, 1.54) is 0 Å². The molecular weight excluding hydrogens is 492 g/mol. The van der Waals surface area contributed by atoms with E-state index in [4.69, 9.17) is 4.74 Å². The van der Waals surface area contributed by atoms with Gasteiger partial charge in [0.25, 0.3) is 0 Å². The zero-order valence-corrected chi connectivity index (χ0v) is 18.4. The quantitative estimate of drug-likeness (QED) is 0.224. The number of alkyl halides is 3. The van der Waals surface area contributed by atoms with Gasteiger partial charge < -0.3 is 20.1 Å². The number of nitrogens with zero attached hydrogens (tertiary/aromatic N) is 4. The molecule has 2 heterocycles. The maximum absolute atomic E-state index is 12.0. The van der Waals surface area contributed by atoms with Gasteiger partial charge in [0.2, 0.25) is 0 Å². The first-order valence-electron chi connectivity index (χ1n) is 9.02. The Morgan fingerprint density at radius 1 is 1.39 bits per heavy atom. The fourth-order valence-electron chi connectivity index (χ4n) is 2.73. The van der Waals surface area contributed by atoms with E-state index in [0.717, 1.165) is 18.7 Å². The Balaban J connectivity index is 0.00000392. The number of methoxy groups -OCH3 is 1. The maximum atomic E-state index is 12.0. The van der Waals surface area contributed by atoms with Gasteiger partial charge in [0.15, 0.2) is 11.8 Å². The van der Waals surface area contributed by atoms with Crippen molar-refractivity contribution in [2.45, 2.75) is 51.6 Å². The van der Waals surface area contributed by atoms with Crippen LogP contribution < -0.4 is 10.6 Å². The smallest absolute Gasteiger partial charge is 0.377 e. The van der Waals surface area contributed by atoms with Crippen molar-refractivity contribution >= 4 is 29.9 Å². The van der Waals surface area contributed by atoms with Crippen molar-refractivity contribution in [1.82, 2.24) is 25.4 Å². The maximum Gasteiger partial charge on any atom is 0.411 e. The second-order valence-electron chi connectivity index (χ2n) is 6.22. The van der Waals surface area contributed by atoms with Crippen LogP contribution in [0, 0.1) is 0 Å². The summed E-state index contributed by atoms with van der Waals surface area (Å²) in [4.78, 5) is 8.85. The van der Waals surface area contributed by atoms with Crippen LogP contribution in [0.3, 0.4) is 0 Å². The lowest BCUT2D eigenvalue weighted by Gasteiger charge is -2.25. The number of aromatic nitrogens is 3. The van der Waals surface area contributed by atoms with Gasteiger partial charge in [-0.15, -0.1) is 24.0 Å². The first kappa shape index (κ1) is 24.9. The third kappa shape index (κ3) is 8.90. The Hall–Kier alpha value is -1.15. The number of hydrogen-bond donors (Lipinski definition) is 2. The van der Waals surface area contributed by atoms with Gasteiger partial charge in [0.1, 0.15) is 19.0 Å². The molecular formula is C16H28F3IN6O2. The Morgan fingerprint density at radius 2 is 2.18 bits per heavy atom. The second-order valence-corrected chi connectivity index (χ2v) is 6.22. The van der Waals surface area contributed by atoms with Crippen molar-refractivity contribution in [1.29, 1.82) is 0 Å². The molecule has 162 valence electrons. The third-order valence-corrected chi connectivity index (χ3v) is 3.84. The molecule has 1 atom stereocenters. The van der Waals surface area contributed by atoms with E-state index >= 15 is 0 Å². The highest BCUT2D eigenvalue weighted by atomic mass is 127. The Labute approximate surface area is 179 Å². The molecule has 2 N–H and O–H groups in total. The number of guanidine groups is 1. The number of ether oxygens (including phenoxy) is 2. The molecule has 0 saturated carbocycles. The van der Waals surface area contributed by atoms with Crippen LogP contribution in [0.5, 0.6) is 0 Å². The van der Waals surface area contributed by atoms with E-state index in [-0.39, 0.29) is 36.6 Å². The zero-order chi connectivity index (χ0) is 19.7. The molecule has 8 nitrogen and oxygen atoms in total. The number of nitrogens with one attached hydrogen (secondary N) is 2. The minimum Gasteiger partial charge on any atom is -0.377 e. The molecule has 0 radical (unpaired) electrons. The number of hydrogen-bond acceptors (Lipinski definition) is 5. The molecule has 0 amide bonds. The van der Waals surface area contributed by atoms with Crippen molar-refractivity contribution in [3.05, 3.63) is 11.6 Å². The molecule has 1 aromatic rings. The summed E-state index contributed by atoms with van der Waals surface area (Å²) in [6.07, 6.45) is -2.17. The number of aryl methyl sites for hydroxylation is 1. The normalized spacial score (nSPS) is 17.0. The van der Waals surface area contributed by atoms with E-state index in [0.29, 0.717) is 44.4 Å². The van der Waals surface area contributed by atoms with E-state index in [1.54, 1.807) is 7.11 Å². The summed E-state index contributed by atoms with van der Waals surface area (Å²) in [5.41, 5.74) is 0. The highest BCUT2D eigenvalue weighted by Crippen LogP contribution is 2.15. The van der Waals surface area contributed by atoms with Gasteiger partial charge in [0, 0.05) is 39.3 Å². The summed E-state index contributed by atoms with van der Waals surface area (Å²) in [5.74, 6) is 2.26. The predicted octanol–water partition coefficient (Wildman–Crippen LogP) is 1.88. The Morgan fingerprint density at radius 3 is 2.86 bits per heavy atom. The van der Waals surface area contributed by atoms with Crippen LogP contribution >= 0.6 is 24.0 Å². The lowest BCUT2D eigenvalue weighted by molar-refractivity contribution is -0.173. The summed E-state index contributed by atoms with van der Waals surface area (Å²) in [5, 5.41) is 10.9. The first-order valence-corrected chi connectivity index (χ1v) is 9.02. The van der Waals surface area contributed by atoms with Gasteiger partial charge in [-0.05, 0) is 19.8 Å². The molecule has 0 bridgehead atoms. The van der Waals surface area contributed by atoms with Gasteiger partial charge in [-0.2, -0.15) is 18.3 Å². The van der Waals surface area contributed by atoms with Crippen molar-refractivity contribution in [3.63, 3.8) is 0 Å². The molecule has 2 rings (SSSR count). The summed E-state index contributed by atoms with van der Waals surface area (Å²) < 4.78 is 47.6. The molecule has 28 heavy (non-hydrogen) atoms. The molecule has 0 spiro atoms. The molecule has 0 saturated heterocycles. The first-order chi connectivity index (χ1) is 12.9. The SMILES string of the molecule is CCNC(=NCCCOCC(F)(F)F)NC1CCc2nc(COC)nn2C1.I. The average Bonchev–Trinajstić information content (AvgIpc) is 2.99. The summed E-state index contributed by atoms with van der Waals surface area (Å²) in [6, 6.07) is 0.147. The summed E-state index contributed by atoms with van der Waals surface area (Å²) in [6.45, 7) is 2.89. The van der Waals surface area contributed by atoms with Crippen molar-refractivity contribution in [2.24, 2.45) is 4.99 Å². The largest absolute Gasteiger partial charge is 0.411 e. The average molecular weight is 520 g/mol. The molecule has 0 aromatic carbocycles. The lowest BCUT2D eigenvalue weighted by Crippen LogP contribution is -2.47. The fourth-order valence-corrected chi connectivity index (χ4v) is 2.73. The van der Waals surface area contributed by atoms with Crippen LogP contribution in [0.1, 0.15) is 31.4 Å². The third-order valence-electron chi connectivity index (χ3n) is 3.84. The molecule has 1 aromatic heterocycles. The summed E-state index contributed by atoms with van der Waals surface area (Å²) in [7, 11) is 1.61. The van der Waals surface area contributed by atoms with E-state index < -0.39 is 12.8 Å². The molecule has 0 aliphatic carbocycles. The van der Waals surface area contributed by atoms with Crippen molar-refractivity contribution in [2.75, 3.05) is 33.4 Å². The van der Waals surface area contributed by atoms with Gasteiger partial charge in [-0.1, -0.05) is 0 Å². The molecule has 1 aliphatic heterocycles. The number of rotatable bonds is 9. The minimum atomic E-state index is -4.29. The highest BCUT2D eigenvalue weighted by Gasteiger charge is 2.27. The Kier molecular flexibility index (Phi) is 11.0. The highest BCUT2D eigenvalue weighted by molar-refractivity contribution is 14.0. The van der Waals surface area contributed by atoms with Crippen molar-refractivity contribution < 1.29 is 22.6 Å². The van der Waals surface area contributed by atoms with Gasteiger partial charge >= 0.3 is 6.18 Å². The van der Waals surface area contributed by atoms with Crippen LogP contribution in [-0.4, -0.2) is 66.4 Å². The fraction of sp³-hybridized carbons (Fsp3) is 0.812. The van der Waals surface area contributed by atoms with Crippen LogP contribution in [0.15, 0.2) is 4.99 Å². The zero-order valence-electron chi connectivity index (χ0n) is 16.1. The molecule has 1 aliphatic rings. The van der Waals surface area contributed by atoms with E-state index in [2.05, 4.69) is 30.4 Å². The monoisotopic (exact) mass is 520 g/mol. The van der Waals surface area contributed by atoms with Gasteiger partial charge in [-0.25, -0.2) is 9.67 Å². The predicted molar refractivity (Wildman–Crippen MR) is 109 cm³/mol. The number of aliphatic imine (C=N–C) groups is 1. The van der Waals surface area contributed by atoms with Gasteiger partial charge in [0.05, 0.1) is 6.54 Å². The molecule has 12 heteroatoms. The Bertz CT molecular complexity index is 612. The topological polar surface area (TPSA) is 85.6 Å². The second kappa shape index (κ2) is 12.4. The van der Waals surface area contributed by atoms with Crippen LogP contribution in [-0.2, 0) is 29.0 Å². The van der Waals surface area contributed by atoms with E-state index in [9.17, 15) is 13.2 Å². The van der Waals surface area contributed by atoms with Crippen LogP contribution in [0.2, 0.25) is 0 Å². The van der Waals surface area contributed by atoms with Crippen molar-refractivity contribution in [3.8, 4) is 0 Å². The molecule has 1 unspecified atom stereocenters. The number of halogens is 4. The standard InChI is InChI=1S/C16H27F3N6O2.HI/c1-3-20-15(21-7-4-8-27-11-16(17,18)19)22-12-5-6-14-23-13(10-26-2)24-25(14)9-12;/h12H,3-11H2,1-2H3,(H2,20,21,22);1H.